The van der Waals surface area contributed by atoms with Crippen LogP contribution in [0.1, 0.15) is 24.2 Å². The summed E-state index contributed by atoms with van der Waals surface area (Å²) >= 11 is 0. The fraction of sp³-hybridized carbons (Fsp3) is 0.263. The molecule has 0 unspecified atom stereocenters. The number of anilines is 2. The second-order valence-corrected chi connectivity index (χ2v) is 7.76. The molecule has 0 bridgehead atoms. The fourth-order valence-corrected chi connectivity index (χ4v) is 3.33. The lowest BCUT2D eigenvalue weighted by Gasteiger charge is -2.24. The van der Waals surface area contributed by atoms with Gasteiger partial charge in [0.25, 0.3) is 0 Å². The van der Waals surface area contributed by atoms with Gasteiger partial charge in [-0.2, -0.15) is 0 Å². The summed E-state index contributed by atoms with van der Waals surface area (Å²) in [4.78, 5) is 23.9. The van der Waals surface area contributed by atoms with Gasteiger partial charge in [0, 0.05) is 11.3 Å². The molecule has 7 nitrogen and oxygen atoms in total. The van der Waals surface area contributed by atoms with E-state index in [1.807, 2.05) is 0 Å². The van der Waals surface area contributed by atoms with Crippen molar-refractivity contribution >= 4 is 33.1 Å². The number of hydrogen-bond acceptors (Lipinski definition) is 5. The summed E-state index contributed by atoms with van der Waals surface area (Å²) in [6, 6.07) is 13.1. The smallest absolute Gasteiger partial charge is 0.245 e. The third-order valence-corrected chi connectivity index (χ3v) is 4.80. The summed E-state index contributed by atoms with van der Waals surface area (Å²) < 4.78 is 31.0. The average Bonchev–Trinajstić information content (AvgIpc) is 2.60. The Morgan fingerprint density at radius 3 is 2.44 bits per heavy atom. The second-order valence-electron chi connectivity index (χ2n) is 5.86. The van der Waals surface area contributed by atoms with Gasteiger partial charge in [-0.05, 0) is 38.1 Å². The largest absolute Gasteiger partial charge is 0.492 e. The number of ether oxygens (including phenoxy) is 1. The predicted molar refractivity (Wildman–Crippen MR) is 105 cm³/mol. The van der Waals surface area contributed by atoms with Crippen molar-refractivity contribution in [2.45, 2.75) is 13.8 Å². The molecule has 0 radical (unpaired) electrons. The quantitative estimate of drug-likeness (QED) is 0.700. The van der Waals surface area contributed by atoms with Gasteiger partial charge in [0.05, 0.1) is 18.6 Å². The number of hydrogen-bond donors (Lipinski definition) is 1. The van der Waals surface area contributed by atoms with Crippen LogP contribution in [0.2, 0.25) is 0 Å². The van der Waals surface area contributed by atoms with Crippen LogP contribution in [0.4, 0.5) is 11.4 Å². The summed E-state index contributed by atoms with van der Waals surface area (Å²) in [5.41, 5.74) is 1.16. The van der Waals surface area contributed by atoms with Crippen LogP contribution in [0.15, 0.2) is 48.5 Å². The van der Waals surface area contributed by atoms with Crippen molar-refractivity contribution in [3.8, 4) is 5.75 Å². The van der Waals surface area contributed by atoms with E-state index < -0.39 is 22.5 Å². The molecule has 8 heteroatoms. The molecule has 1 amide bonds. The summed E-state index contributed by atoms with van der Waals surface area (Å²) in [5.74, 6) is -0.293. The number of sulfonamides is 1. The molecule has 144 valence electrons. The molecule has 0 aliphatic carbocycles. The number of rotatable bonds is 8. The zero-order valence-electron chi connectivity index (χ0n) is 15.4. The second kappa shape index (κ2) is 8.68. The molecule has 0 atom stereocenters. The SMILES string of the molecule is CCOc1ccccc1N(CC(=O)Nc1cccc(C(C)=O)c1)S(C)(=O)=O. The fourth-order valence-electron chi connectivity index (χ4n) is 2.47. The maximum Gasteiger partial charge on any atom is 0.245 e. The first kappa shape index (κ1) is 20.4. The summed E-state index contributed by atoms with van der Waals surface area (Å²) in [7, 11) is -3.73. The zero-order valence-corrected chi connectivity index (χ0v) is 16.2. The number of para-hydroxylation sites is 2. The molecule has 0 heterocycles. The number of nitrogens with one attached hydrogen (secondary N) is 1. The maximum absolute atomic E-state index is 12.5. The number of carbonyl (C=O) groups is 2. The minimum Gasteiger partial charge on any atom is -0.492 e. The molecule has 0 spiro atoms. The van der Waals surface area contributed by atoms with E-state index in [4.69, 9.17) is 4.74 Å². The predicted octanol–water partition coefficient (Wildman–Crippen LogP) is 2.69. The monoisotopic (exact) mass is 390 g/mol. The lowest BCUT2D eigenvalue weighted by Crippen LogP contribution is -2.37. The van der Waals surface area contributed by atoms with Crippen LogP contribution in [-0.2, 0) is 14.8 Å². The zero-order chi connectivity index (χ0) is 20.0. The Labute approximate surface area is 159 Å². The molecule has 1 N–H and O–H groups in total. The van der Waals surface area contributed by atoms with Gasteiger partial charge in [-0.1, -0.05) is 24.3 Å². The van der Waals surface area contributed by atoms with Crippen molar-refractivity contribution in [1.29, 1.82) is 0 Å². The number of ketones is 1. The minimum atomic E-state index is -3.73. The molecule has 2 aromatic carbocycles. The minimum absolute atomic E-state index is 0.130. The molecular weight excluding hydrogens is 368 g/mol. The molecule has 0 saturated heterocycles. The van der Waals surface area contributed by atoms with Gasteiger partial charge in [0.1, 0.15) is 12.3 Å². The van der Waals surface area contributed by atoms with Crippen LogP contribution in [0.25, 0.3) is 0 Å². The topological polar surface area (TPSA) is 92.8 Å². The van der Waals surface area contributed by atoms with Gasteiger partial charge in [-0.15, -0.1) is 0 Å². The van der Waals surface area contributed by atoms with Crippen LogP contribution in [0, 0.1) is 0 Å². The number of amides is 1. The molecule has 0 saturated carbocycles. The van der Waals surface area contributed by atoms with E-state index in [1.165, 1.54) is 6.92 Å². The van der Waals surface area contributed by atoms with Gasteiger partial charge < -0.3 is 10.1 Å². The Balaban J connectivity index is 2.26. The van der Waals surface area contributed by atoms with E-state index in [9.17, 15) is 18.0 Å². The van der Waals surface area contributed by atoms with E-state index >= 15 is 0 Å². The van der Waals surface area contributed by atoms with E-state index in [2.05, 4.69) is 5.32 Å². The Morgan fingerprint density at radius 2 is 1.81 bits per heavy atom. The third-order valence-electron chi connectivity index (χ3n) is 3.67. The van der Waals surface area contributed by atoms with Gasteiger partial charge in [-0.25, -0.2) is 8.42 Å². The number of nitrogens with zero attached hydrogens (tertiary/aromatic N) is 1. The Kier molecular flexibility index (Phi) is 6.57. The van der Waals surface area contributed by atoms with Gasteiger partial charge in [-0.3, -0.25) is 13.9 Å². The Bertz CT molecular complexity index is 941. The van der Waals surface area contributed by atoms with Crippen molar-refractivity contribution in [2.24, 2.45) is 0 Å². The molecule has 0 fully saturated rings. The van der Waals surface area contributed by atoms with Crippen molar-refractivity contribution in [3.05, 3.63) is 54.1 Å². The van der Waals surface area contributed by atoms with Crippen molar-refractivity contribution in [1.82, 2.24) is 0 Å². The highest BCUT2D eigenvalue weighted by Gasteiger charge is 2.24. The molecule has 0 aliphatic rings. The van der Waals surface area contributed by atoms with Crippen LogP contribution < -0.4 is 14.4 Å². The third kappa shape index (κ3) is 5.55. The lowest BCUT2D eigenvalue weighted by atomic mass is 10.1. The highest BCUT2D eigenvalue weighted by Crippen LogP contribution is 2.29. The molecule has 0 aromatic heterocycles. The van der Waals surface area contributed by atoms with Crippen LogP contribution in [-0.4, -0.2) is 39.5 Å². The van der Waals surface area contributed by atoms with E-state index in [-0.39, 0.29) is 11.5 Å². The average molecular weight is 390 g/mol. The standard InChI is InChI=1S/C19H22N2O5S/c1-4-26-18-11-6-5-10-17(18)21(27(3,24)25)13-19(23)20-16-9-7-8-15(12-16)14(2)22/h5-12H,4,13H2,1-3H3,(H,20,23). The Morgan fingerprint density at radius 1 is 1.11 bits per heavy atom. The summed E-state index contributed by atoms with van der Waals surface area (Å²) in [6.07, 6.45) is 1.03. The molecule has 27 heavy (non-hydrogen) atoms. The molecule has 2 rings (SSSR count). The number of carbonyl (C=O) groups excluding carboxylic acids is 2. The highest BCUT2D eigenvalue weighted by molar-refractivity contribution is 7.92. The highest BCUT2D eigenvalue weighted by atomic mass is 32.2. The van der Waals surface area contributed by atoms with Crippen molar-refractivity contribution in [3.63, 3.8) is 0 Å². The van der Waals surface area contributed by atoms with Crippen molar-refractivity contribution in [2.75, 3.05) is 29.0 Å². The summed E-state index contributed by atoms with van der Waals surface area (Å²) in [6.45, 7) is 3.15. The van der Waals surface area contributed by atoms with Crippen molar-refractivity contribution < 1.29 is 22.7 Å². The molecule has 0 aliphatic heterocycles. The van der Waals surface area contributed by atoms with Gasteiger partial charge in [0.2, 0.25) is 15.9 Å². The maximum atomic E-state index is 12.5. The first-order valence-electron chi connectivity index (χ1n) is 8.32. The Hall–Kier alpha value is -2.87. The normalized spacial score (nSPS) is 10.9. The van der Waals surface area contributed by atoms with Gasteiger partial charge in [0.15, 0.2) is 5.78 Å². The molecule has 2 aromatic rings. The van der Waals surface area contributed by atoms with E-state index in [1.54, 1.807) is 55.5 Å². The van der Waals surface area contributed by atoms with E-state index in [0.717, 1.165) is 10.6 Å². The first-order chi connectivity index (χ1) is 12.7. The number of Topliss-reactive ketones (excluding diaryl/α,β-unsaturated/α-hetero) is 1. The van der Waals surface area contributed by atoms with E-state index in [0.29, 0.717) is 23.6 Å². The van der Waals surface area contributed by atoms with Crippen LogP contribution in [0.3, 0.4) is 0 Å². The number of benzene rings is 2. The summed E-state index contributed by atoms with van der Waals surface area (Å²) in [5, 5.41) is 2.62. The van der Waals surface area contributed by atoms with Gasteiger partial charge >= 0.3 is 0 Å². The first-order valence-corrected chi connectivity index (χ1v) is 10.2. The van der Waals surface area contributed by atoms with Crippen LogP contribution in [0.5, 0.6) is 5.75 Å². The lowest BCUT2D eigenvalue weighted by molar-refractivity contribution is -0.114. The molecular formula is C19H22N2O5S. The van der Waals surface area contributed by atoms with Crippen LogP contribution >= 0.6 is 0 Å².